The monoisotopic (exact) mass is 402 g/mol. The third-order valence-electron chi connectivity index (χ3n) is 5.22. The van der Waals surface area contributed by atoms with Crippen molar-refractivity contribution in [3.8, 4) is 0 Å². The predicted molar refractivity (Wildman–Crippen MR) is 112 cm³/mol. The van der Waals surface area contributed by atoms with Crippen molar-refractivity contribution >= 4 is 23.4 Å². The van der Waals surface area contributed by atoms with E-state index in [9.17, 15) is 4.79 Å². The Kier molecular flexibility index (Phi) is 6.47. The molecule has 1 saturated heterocycles. The average molecular weight is 403 g/mol. The highest BCUT2D eigenvalue weighted by Crippen LogP contribution is 2.29. The van der Waals surface area contributed by atoms with E-state index in [1.165, 1.54) is 16.7 Å². The summed E-state index contributed by atoms with van der Waals surface area (Å²) in [6.45, 7) is 8.37. The number of rotatable bonds is 7. The van der Waals surface area contributed by atoms with Crippen molar-refractivity contribution in [3.63, 3.8) is 0 Å². The van der Waals surface area contributed by atoms with E-state index >= 15 is 0 Å². The molecule has 0 radical (unpaired) electrons. The van der Waals surface area contributed by atoms with Gasteiger partial charge in [-0.1, -0.05) is 42.8 Å². The summed E-state index contributed by atoms with van der Waals surface area (Å²) in [5.41, 5.74) is 5.83. The van der Waals surface area contributed by atoms with Crippen molar-refractivity contribution in [1.82, 2.24) is 4.90 Å². The van der Waals surface area contributed by atoms with Crippen LogP contribution in [-0.4, -0.2) is 35.4 Å². The molecule has 0 bridgehead atoms. The zero-order chi connectivity index (χ0) is 20.3. The number of anilines is 1. The van der Waals surface area contributed by atoms with Gasteiger partial charge in [-0.2, -0.15) is 0 Å². The third kappa shape index (κ3) is 4.97. The normalized spacial score (nSPS) is 15.7. The van der Waals surface area contributed by atoms with Gasteiger partial charge in [0, 0.05) is 30.3 Å². The number of hydrogen-bond donors (Lipinski definition) is 2. The lowest BCUT2D eigenvalue weighted by Gasteiger charge is -2.37. The Hall–Kier alpha value is -2.24. The molecule has 0 amide bonds. The SMILES string of the molecule is CCC(Nc1cc(CN2CC(OC(=O)O)C2)ccc1C)c1ccc(Cl)c(C)c1. The molecule has 1 aliphatic rings. The molecule has 1 heterocycles. The van der Waals surface area contributed by atoms with Crippen LogP contribution in [0.1, 0.15) is 41.6 Å². The predicted octanol–water partition coefficient (Wildman–Crippen LogP) is 5.40. The smallest absolute Gasteiger partial charge is 0.450 e. The van der Waals surface area contributed by atoms with Crippen LogP contribution in [0, 0.1) is 13.8 Å². The molecule has 1 unspecified atom stereocenters. The zero-order valence-electron chi connectivity index (χ0n) is 16.5. The minimum atomic E-state index is -1.20. The first kappa shape index (κ1) is 20.5. The van der Waals surface area contributed by atoms with E-state index in [1.54, 1.807) is 0 Å². The summed E-state index contributed by atoms with van der Waals surface area (Å²) in [6, 6.07) is 12.8. The molecule has 2 N–H and O–H groups in total. The van der Waals surface area contributed by atoms with Gasteiger partial charge in [-0.3, -0.25) is 4.90 Å². The summed E-state index contributed by atoms with van der Waals surface area (Å²) in [7, 11) is 0. The fourth-order valence-corrected chi connectivity index (χ4v) is 3.66. The molecule has 2 aromatic rings. The Balaban J connectivity index is 1.67. The molecule has 0 aliphatic carbocycles. The van der Waals surface area contributed by atoms with Crippen LogP contribution in [0.2, 0.25) is 5.02 Å². The van der Waals surface area contributed by atoms with Crippen LogP contribution in [0.25, 0.3) is 0 Å². The van der Waals surface area contributed by atoms with E-state index in [-0.39, 0.29) is 12.1 Å². The molecule has 1 atom stereocenters. The van der Waals surface area contributed by atoms with Crippen molar-refractivity contribution in [3.05, 3.63) is 63.7 Å². The van der Waals surface area contributed by atoms with Crippen LogP contribution in [0.15, 0.2) is 36.4 Å². The van der Waals surface area contributed by atoms with Crippen molar-refractivity contribution in [2.75, 3.05) is 18.4 Å². The lowest BCUT2D eigenvalue weighted by molar-refractivity contribution is -0.0363. The van der Waals surface area contributed by atoms with Crippen LogP contribution < -0.4 is 5.32 Å². The maximum atomic E-state index is 10.6. The van der Waals surface area contributed by atoms with Gasteiger partial charge in [0.1, 0.15) is 6.10 Å². The number of nitrogens with zero attached hydrogens (tertiary/aromatic N) is 1. The number of hydrogen-bond acceptors (Lipinski definition) is 4. The Morgan fingerprint density at radius 3 is 2.64 bits per heavy atom. The molecule has 5 nitrogen and oxygen atoms in total. The fraction of sp³-hybridized carbons (Fsp3) is 0.409. The molecule has 28 heavy (non-hydrogen) atoms. The molecular formula is C22H27ClN2O3. The Bertz CT molecular complexity index is 850. The number of likely N-dealkylation sites (tertiary alicyclic amines) is 1. The summed E-state index contributed by atoms with van der Waals surface area (Å²) in [5, 5.41) is 13.1. The molecule has 150 valence electrons. The van der Waals surface area contributed by atoms with Crippen LogP contribution >= 0.6 is 11.6 Å². The second-order valence-corrected chi connectivity index (χ2v) is 7.87. The van der Waals surface area contributed by atoms with Crippen LogP contribution in [-0.2, 0) is 11.3 Å². The van der Waals surface area contributed by atoms with Gasteiger partial charge in [-0.05, 0) is 54.7 Å². The van der Waals surface area contributed by atoms with Gasteiger partial charge in [0.25, 0.3) is 0 Å². The first-order valence-corrected chi connectivity index (χ1v) is 9.97. The first-order chi connectivity index (χ1) is 13.4. The minimum absolute atomic E-state index is 0.210. The number of halogens is 1. The zero-order valence-corrected chi connectivity index (χ0v) is 17.3. The van der Waals surface area contributed by atoms with Gasteiger partial charge in [-0.25, -0.2) is 4.79 Å². The highest BCUT2D eigenvalue weighted by atomic mass is 35.5. The number of aryl methyl sites for hydroxylation is 2. The number of benzene rings is 2. The quantitative estimate of drug-likeness (QED) is 0.607. The highest BCUT2D eigenvalue weighted by molar-refractivity contribution is 6.31. The van der Waals surface area contributed by atoms with E-state index in [4.69, 9.17) is 21.4 Å². The van der Waals surface area contributed by atoms with Crippen molar-refractivity contribution in [2.45, 2.75) is 45.9 Å². The average Bonchev–Trinajstić information content (AvgIpc) is 2.62. The first-order valence-electron chi connectivity index (χ1n) is 9.59. The standard InChI is InChI=1S/C22H27ClN2O3/c1-4-20(17-7-8-19(23)15(3)9-17)24-21-10-16(6-5-14(21)2)11-25-12-18(13-25)28-22(26)27/h5-10,18,20,24H,4,11-13H2,1-3H3,(H,26,27). The van der Waals surface area contributed by atoms with E-state index in [0.717, 1.165) is 29.2 Å². The number of carbonyl (C=O) groups is 1. The van der Waals surface area contributed by atoms with E-state index < -0.39 is 6.16 Å². The van der Waals surface area contributed by atoms with Crippen LogP contribution in [0.5, 0.6) is 0 Å². The lowest BCUT2D eigenvalue weighted by atomic mass is 10.0. The van der Waals surface area contributed by atoms with Gasteiger partial charge >= 0.3 is 6.16 Å². The van der Waals surface area contributed by atoms with Gasteiger partial charge in [0.2, 0.25) is 0 Å². The number of carboxylic acid groups (broad SMARTS) is 1. The number of ether oxygens (including phenoxy) is 1. The Labute approximate surface area is 171 Å². The van der Waals surface area contributed by atoms with Crippen molar-refractivity contribution in [2.24, 2.45) is 0 Å². The van der Waals surface area contributed by atoms with Crippen LogP contribution in [0.3, 0.4) is 0 Å². The largest absolute Gasteiger partial charge is 0.506 e. The van der Waals surface area contributed by atoms with Crippen LogP contribution in [0.4, 0.5) is 10.5 Å². The second-order valence-electron chi connectivity index (χ2n) is 7.46. The second kappa shape index (κ2) is 8.84. The Morgan fingerprint density at radius 2 is 2.00 bits per heavy atom. The maximum Gasteiger partial charge on any atom is 0.506 e. The van der Waals surface area contributed by atoms with Crippen molar-refractivity contribution < 1.29 is 14.6 Å². The maximum absolute atomic E-state index is 10.6. The van der Waals surface area contributed by atoms with Gasteiger partial charge in [0.05, 0.1) is 6.04 Å². The molecular weight excluding hydrogens is 376 g/mol. The molecule has 1 aliphatic heterocycles. The summed E-state index contributed by atoms with van der Waals surface area (Å²) in [6.07, 6.45) is -0.446. The fourth-order valence-electron chi connectivity index (χ4n) is 3.54. The van der Waals surface area contributed by atoms with E-state index in [2.05, 4.69) is 54.4 Å². The van der Waals surface area contributed by atoms with Crippen molar-refractivity contribution in [1.29, 1.82) is 0 Å². The molecule has 6 heteroatoms. The summed E-state index contributed by atoms with van der Waals surface area (Å²) in [5.74, 6) is 0. The molecule has 0 spiro atoms. The molecule has 2 aromatic carbocycles. The van der Waals surface area contributed by atoms with E-state index in [1.807, 2.05) is 13.0 Å². The minimum Gasteiger partial charge on any atom is -0.450 e. The highest BCUT2D eigenvalue weighted by Gasteiger charge is 2.29. The molecule has 0 saturated carbocycles. The summed E-state index contributed by atoms with van der Waals surface area (Å²) < 4.78 is 4.78. The molecule has 0 aromatic heterocycles. The van der Waals surface area contributed by atoms with Gasteiger partial charge < -0.3 is 15.2 Å². The topological polar surface area (TPSA) is 61.8 Å². The Morgan fingerprint density at radius 1 is 1.25 bits per heavy atom. The van der Waals surface area contributed by atoms with Gasteiger partial charge in [0.15, 0.2) is 0 Å². The molecule has 1 fully saturated rings. The third-order valence-corrected chi connectivity index (χ3v) is 5.65. The summed E-state index contributed by atoms with van der Waals surface area (Å²) >= 11 is 6.17. The number of nitrogens with one attached hydrogen (secondary N) is 1. The lowest BCUT2D eigenvalue weighted by Crippen LogP contribution is -2.52. The summed E-state index contributed by atoms with van der Waals surface area (Å²) in [4.78, 5) is 12.8. The van der Waals surface area contributed by atoms with Gasteiger partial charge in [-0.15, -0.1) is 0 Å². The van der Waals surface area contributed by atoms with E-state index in [0.29, 0.717) is 13.1 Å². The molecule has 3 rings (SSSR count).